The number of rotatable bonds is 11. The minimum absolute atomic E-state index is 0.161. The van der Waals surface area contributed by atoms with Crippen molar-refractivity contribution in [2.45, 2.75) is 33.4 Å². The maximum absolute atomic E-state index is 12.8. The van der Waals surface area contributed by atoms with Gasteiger partial charge in [0.2, 0.25) is 0 Å². The van der Waals surface area contributed by atoms with Crippen LogP contribution in [0.15, 0.2) is 70.2 Å². The van der Waals surface area contributed by atoms with Gasteiger partial charge in [0.1, 0.15) is 18.4 Å². The maximum atomic E-state index is 12.8. The van der Waals surface area contributed by atoms with Crippen LogP contribution < -0.4 is 25.0 Å². The lowest BCUT2D eigenvalue weighted by atomic mass is 10.0. The molecule has 8 nitrogen and oxygen atoms in total. The number of methoxy groups -OCH3 is 2. The molecule has 0 saturated carbocycles. The predicted molar refractivity (Wildman–Crippen MR) is 151 cm³/mol. The number of benzene rings is 3. The summed E-state index contributed by atoms with van der Waals surface area (Å²) in [5.41, 5.74) is 5.85. The molecule has 0 fully saturated rings. The highest BCUT2D eigenvalue weighted by Gasteiger charge is 2.24. The third-order valence-electron chi connectivity index (χ3n) is 5.73. The molecule has 3 rings (SSSR count). The topological polar surface area (TPSA) is 98.2 Å². The van der Waals surface area contributed by atoms with Crippen LogP contribution in [-0.4, -0.2) is 38.3 Å². The maximum Gasteiger partial charge on any atom is 0.262 e. The van der Waals surface area contributed by atoms with Crippen LogP contribution in [0.5, 0.6) is 17.2 Å². The van der Waals surface area contributed by atoms with Crippen LogP contribution in [0.2, 0.25) is 0 Å². The van der Waals surface area contributed by atoms with Crippen LogP contribution in [0.1, 0.15) is 40.9 Å². The smallest absolute Gasteiger partial charge is 0.262 e. The zero-order valence-corrected chi connectivity index (χ0v) is 23.7. The number of hydrazone groups is 1. The van der Waals surface area contributed by atoms with E-state index in [2.05, 4.69) is 31.8 Å². The van der Waals surface area contributed by atoms with E-state index in [1.807, 2.05) is 51.1 Å². The first-order chi connectivity index (χ1) is 18.2. The summed E-state index contributed by atoms with van der Waals surface area (Å²) in [4.78, 5) is 25.5. The van der Waals surface area contributed by atoms with E-state index in [9.17, 15) is 9.59 Å². The Morgan fingerprint density at radius 2 is 1.68 bits per heavy atom. The molecule has 3 aromatic rings. The molecular weight excluding hydrogens is 550 g/mol. The molecule has 0 spiro atoms. The lowest BCUT2D eigenvalue weighted by Crippen LogP contribution is -2.48. The van der Waals surface area contributed by atoms with E-state index < -0.39 is 11.9 Å². The van der Waals surface area contributed by atoms with E-state index in [-0.39, 0.29) is 11.8 Å². The molecule has 38 heavy (non-hydrogen) atoms. The van der Waals surface area contributed by atoms with Gasteiger partial charge < -0.3 is 19.5 Å². The SMILES string of the molecule is COc1ccc(C(=O)NC(C(=O)N/N=C/c2cc(Br)c(OCc3ccc(C)cc3)c(OC)c2)C(C)C)cc1. The summed E-state index contributed by atoms with van der Waals surface area (Å²) in [6.07, 6.45) is 1.50. The van der Waals surface area contributed by atoms with Gasteiger partial charge in [0.05, 0.1) is 24.9 Å². The van der Waals surface area contributed by atoms with Crippen LogP contribution in [0, 0.1) is 12.8 Å². The Hall–Kier alpha value is -3.85. The van der Waals surface area contributed by atoms with Gasteiger partial charge in [-0.05, 0) is 76.3 Å². The third kappa shape index (κ3) is 7.82. The van der Waals surface area contributed by atoms with E-state index in [0.717, 1.165) is 5.56 Å². The highest BCUT2D eigenvalue weighted by molar-refractivity contribution is 9.10. The van der Waals surface area contributed by atoms with Crippen molar-refractivity contribution >= 4 is 34.0 Å². The third-order valence-corrected chi connectivity index (χ3v) is 6.32. The molecule has 0 saturated heterocycles. The molecule has 1 unspecified atom stereocenters. The summed E-state index contributed by atoms with van der Waals surface area (Å²) < 4.78 is 17.3. The number of hydrogen-bond acceptors (Lipinski definition) is 6. The van der Waals surface area contributed by atoms with Gasteiger partial charge in [-0.3, -0.25) is 9.59 Å². The number of halogens is 1. The number of amides is 2. The van der Waals surface area contributed by atoms with Crippen LogP contribution in [0.3, 0.4) is 0 Å². The molecule has 0 radical (unpaired) electrons. The number of ether oxygens (including phenoxy) is 3. The van der Waals surface area contributed by atoms with Crippen LogP contribution in [0.25, 0.3) is 0 Å². The molecule has 9 heteroatoms. The molecule has 2 N–H and O–H groups in total. The summed E-state index contributed by atoms with van der Waals surface area (Å²) >= 11 is 3.54. The van der Waals surface area contributed by atoms with Crippen molar-refractivity contribution in [3.63, 3.8) is 0 Å². The molecule has 0 aliphatic carbocycles. The van der Waals surface area contributed by atoms with Crippen LogP contribution in [-0.2, 0) is 11.4 Å². The molecule has 1 atom stereocenters. The van der Waals surface area contributed by atoms with Crippen molar-refractivity contribution in [1.82, 2.24) is 10.7 Å². The Morgan fingerprint density at radius 3 is 2.29 bits per heavy atom. The first-order valence-corrected chi connectivity index (χ1v) is 12.8. The minimum atomic E-state index is -0.777. The van der Waals surface area contributed by atoms with Crippen molar-refractivity contribution < 1.29 is 23.8 Å². The highest BCUT2D eigenvalue weighted by atomic mass is 79.9. The number of carbonyl (C=O) groups excluding carboxylic acids is 2. The lowest BCUT2D eigenvalue weighted by molar-refractivity contribution is -0.123. The quantitative estimate of drug-likeness (QED) is 0.238. The van der Waals surface area contributed by atoms with Gasteiger partial charge in [-0.15, -0.1) is 0 Å². The summed E-state index contributed by atoms with van der Waals surface area (Å²) in [7, 11) is 3.11. The molecule has 0 heterocycles. The van der Waals surface area contributed by atoms with Crippen molar-refractivity contribution in [2.24, 2.45) is 11.0 Å². The van der Waals surface area contributed by atoms with E-state index >= 15 is 0 Å². The van der Waals surface area contributed by atoms with Gasteiger partial charge in [-0.25, -0.2) is 5.43 Å². The van der Waals surface area contributed by atoms with Crippen molar-refractivity contribution in [1.29, 1.82) is 0 Å². The Kier molecular flexibility index (Phi) is 10.3. The Bertz CT molecular complexity index is 1270. The van der Waals surface area contributed by atoms with Gasteiger partial charge in [0.15, 0.2) is 11.5 Å². The molecule has 0 bridgehead atoms. The fraction of sp³-hybridized carbons (Fsp3) is 0.276. The van der Waals surface area contributed by atoms with Crippen LogP contribution in [0.4, 0.5) is 0 Å². The lowest BCUT2D eigenvalue weighted by Gasteiger charge is -2.20. The Labute approximate surface area is 231 Å². The van der Waals surface area contributed by atoms with E-state index in [0.29, 0.717) is 39.5 Å². The molecule has 2 amide bonds. The fourth-order valence-electron chi connectivity index (χ4n) is 3.54. The van der Waals surface area contributed by atoms with Crippen LogP contribution >= 0.6 is 15.9 Å². The number of nitrogens with one attached hydrogen (secondary N) is 2. The van der Waals surface area contributed by atoms with E-state index in [4.69, 9.17) is 14.2 Å². The average molecular weight is 582 g/mol. The Balaban J connectivity index is 1.64. The van der Waals surface area contributed by atoms with Crippen molar-refractivity contribution in [3.05, 3.63) is 87.4 Å². The predicted octanol–water partition coefficient (Wildman–Crippen LogP) is 5.26. The second kappa shape index (κ2) is 13.6. The zero-order chi connectivity index (χ0) is 27.7. The molecule has 0 aromatic heterocycles. The average Bonchev–Trinajstić information content (AvgIpc) is 2.91. The minimum Gasteiger partial charge on any atom is -0.497 e. The molecule has 200 valence electrons. The number of carbonyl (C=O) groups is 2. The Morgan fingerprint density at radius 1 is 1.00 bits per heavy atom. The van der Waals surface area contributed by atoms with Gasteiger partial charge in [0, 0.05) is 5.56 Å². The summed E-state index contributed by atoms with van der Waals surface area (Å²) in [5, 5.41) is 6.86. The first-order valence-electron chi connectivity index (χ1n) is 12.1. The number of aryl methyl sites for hydroxylation is 1. The molecule has 0 aliphatic rings. The van der Waals surface area contributed by atoms with Gasteiger partial charge in [0.25, 0.3) is 11.8 Å². The summed E-state index contributed by atoms with van der Waals surface area (Å²) in [5.74, 6) is 0.777. The standard InChI is InChI=1S/C29H32BrN3O5/c1-18(2)26(32-28(34)22-10-12-23(36-4)13-11-22)29(35)33-31-16-21-14-24(30)27(25(15-21)37-5)38-17-20-8-6-19(3)7-9-20/h6-16,18,26H,17H2,1-5H3,(H,32,34)(H,33,35)/b31-16+. The van der Waals surface area contributed by atoms with Crippen molar-refractivity contribution in [2.75, 3.05) is 14.2 Å². The summed E-state index contributed by atoms with van der Waals surface area (Å²) in [6.45, 7) is 6.12. The number of nitrogens with zero attached hydrogens (tertiary/aromatic N) is 1. The van der Waals surface area contributed by atoms with Crippen molar-refractivity contribution in [3.8, 4) is 17.2 Å². The zero-order valence-electron chi connectivity index (χ0n) is 22.1. The van der Waals surface area contributed by atoms with Gasteiger partial charge >= 0.3 is 0 Å². The molecule has 0 aliphatic heterocycles. The normalized spacial score (nSPS) is 11.8. The van der Waals surface area contributed by atoms with Gasteiger partial charge in [-0.1, -0.05) is 43.7 Å². The molecular formula is C29H32BrN3O5. The highest BCUT2D eigenvalue weighted by Crippen LogP contribution is 2.36. The monoisotopic (exact) mass is 581 g/mol. The first kappa shape index (κ1) is 28.7. The largest absolute Gasteiger partial charge is 0.497 e. The summed E-state index contributed by atoms with van der Waals surface area (Å²) in [6, 6.07) is 17.6. The van der Waals surface area contributed by atoms with E-state index in [1.54, 1.807) is 44.6 Å². The molecule has 3 aromatic carbocycles. The second-order valence-corrected chi connectivity index (χ2v) is 9.82. The van der Waals surface area contributed by atoms with Gasteiger partial charge in [-0.2, -0.15) is 5.10 Å². The van der Waals surface area contributed by atoms with E-state index in [1.165, 1.54) is 11.8 Å². The fourth-order valence-corrected chi connectivity index (χ4v) is 4.11. The number of hydrogen-bond donors (Lipinski definition) is 2. The second-order valence-electron chi connectivity index (χ2n) is 8.97.